The number of anilines is 3. The van der Waals surface area contributed by atoms with Crippen molar-refractivity contribution in [2.24, 2.45) is 0 Å². The first-order valence-corrected chi connectivity index (χ1v) is 8.18. The van der Waals surface area contributed by atoms with E-state index in [1.54, 1.807) is 25.3 Å². The first kappa shape index (κ1) is 18.4. The molecule has 2 N–H and O–H groups in total. The molecule has 0 atom stereocenters. The van der Waals surface area contributed by atoms with Crippen LogP contribution in [0.1, 0.15) is 26.5 Å². The van der Waals surface area contributed by atoms with Gasteiger partial charge in [0.2, 0.25) is 0 Å². The number of hydrogen-bond donors (Lipinski definition) is 2. The van der Waals surface area contributed by atoms with Crippen molar-refractivity contribution >= 4 is 40.7 Å². The zero-order valence-electron chi connectivity index (χ0n) is 14.4. The number of hydrogen-bond acceptors (Lipinski definition) is 7. The fraction of sp³-hybridized carbons (Fsp3) is 0.111. The van der Waals surface area contributed by atoms with Crippen LogP contribution in [0.25, 0.3) is 0 Å². The number of esters is 1. The summed E-state index contributed by atoms with van der Waals surface area (Å²) in [6.07, 6.45) is 2.96. The summed E-state index contributed by atoms with van der Waals surface area (Å²) in [6, 6.07) is 7.78. The molecule has 0 saturated heterocycles. The molecule has 1 aromatic carbocycles. The molecule has 1 amide bonds. The second-order valence-corrected chi connectivity index (χ2v) is 5.96. The van der Waals surface area contributed by atoms with Gasteiger partial charge in [-0.2, -0.15) is 0 Å². The fourth-order valence-electron chi connectivity index (χ4n) is 2.27. The highest BCUT2D eigenvalue weighted by Gasteiger charge is 2.13. The number of aromatic nitrogens is 2. The number of halogens is 1. The van der Waals surface area contributed by atoms with E-state index in [0.29, 0.717) is 22.8 Å². The Labute approximate surface area is 159 Å². The van der Waals surface area contributed by atoms with Gasteiger partial charge < -0.3 is 19.9 Å². The molecule has 138 valence electrons. The van der Waals surface area contributed by atoms with Crippen LogP contribution in [-0.4, -0.2) is 29.1 Å². The van der Waals surface area contributed by atoms with Gasteiger partial charge in [-0.05, 0) is 31.2 Å². The summed E-state index contributed by atoms with van der Waals surface area (Å²) >= 11 is 6.10. The molecule has 3 aromatic rings. The highest BCUT2D eigenvalue weighted by atomic mass is 35.5. The Hall–Kier alpha value is -3.39. The smallest absolute Gasteiger partial charge is 0.337 e. The van der Waals surface area contributed by atoms with Gasteiger partial charge in [0.1, 0.15) is 5.76 Å². The second-order valence-electron chi connectivity index (χ2n) is 5.55. The average molecular weight is 387 g/mol. The van der Waals surface area contributed by atoms with Crippen LogP contribution in [0.3, 0.4) is 0 Å². The number of ether oxygens (including phenoxy) is 1. The molecule has 8 nitrogen and oxygen atoms in total. The van der Waals surface area contributed by atoms with E-state index in [2.05, 4.69) is 25.5 Å². The maximum Gasteiger partial charge on any atom is 0.337 e. The van der Waals surface area contributed by atoms with Crippen LogP contribution in [0.15, 0.2) is 47.2 Å². The predicted octanol–water partition coefficient (Wildman–Crippen LogP) is 3.81. The van der Waals surface area contributed by atoms with Crippen LogP contribution >= 0.6 is 11.6 Å². The van der Waals surface area contributed by atoms with Crippen molar-refractivity contribution < 1.29 is 18.8 Å². The topological polar surface area (TPSA) is 106 Å². The maximum absolute atomic E-state index is 12.5. The first-order chi connectivity index (χ1) is 13.0. The molecule has 0 fully saturated rings. The largest absolute Gasteiger partial charge is 0.465 e. The number of methoxy groups -OCH3 is 1. The molecule has 2 heterocycles. The van der Waals surface area contributed by atoms with E-state index < -0.39 is 11.9 Å². The second kappa shape index (κ2) is 7.88. The molecular formula is C18H15ClN4O4. The van der Waals surface area contributed by atoms with Gasteiger partial charge in [0, 0.05) is 12.3 Å². The zero-order valence-corrected chi connectivity index (χ0v) is 15.2. The van der Waals surface area contributed by atoms with Crippen molar-refractivity contribution in [3.8, 4) is 0 Å². The van der Waals surface area contributed by atoms with Crippen LogP contribution in [-0.2, 0) is 4.74 Å². The maximum atomic E-state index is 12.5. The monoisotopic (exact) mass is 386 g/mol. The van der Waals surface area contributed by atoms with Crippen LogP contribution in [0, 0.1) is 6.92 Å². The number of nitrogens with one attached hydrogen (secondary N) is 2. The zero-order chi connectivity index (χ0) is 19.4. The Kier molecular flexibility index (Phi) is 5.37. The van der Waals surface area contributed by atoms with Gasteiger partial charge in [-0.15, -0.1) is 0 Å². The predicted molar refractivity (Wildman–Crippen MR) is 99.5 cm³/mol. The van der Waals surface area contributed by atoms with Gasteiger partial charge in [0.05, 0.1) is 40.8 Å². The van der Waals surface area contributed by atoms with E-state index in [1.165, 1.54) is 31.5 Å². The lowest BCUT2D eigenvalue weighted by atomic mass is 10.2. The summed E-state index contributed by atoms with van der Waals surface area (Å²) in [4.78, 5) is 28.2. The third-order valence-electron chi connectivity index (χ3n) is 3.54. The molecule has 0 aliphatic heterocycles. The number of rotatable bonds is 5. The molecule has 0 bridgehead atoms. The van der Waals surface area contributed by atoms with E-state index in [9.17, 15) is 9.59 Å². The minimum absolute atomic E-state index is 0.271. The van der Waals surface area contributed by atoms with E-state index in [-0.39, 0.29) is 16.3 Å². The summed E-state index contributed by atoms with van der Waals surface area (Å²) in [7, 11) is 1.27. The molecule has 0 radical (unpaired) electrons. The van der Waals surface area contributed by atoms with Crippen molar-refractivity contribution in [2.45, 2.75) is 6.92 Å². The molecule has 0 aliphatic carbocycles. The Morgan fingerprint density at radius 3 is 2.67 bits per heavy atom. The minimum atomic E-state index is -0.530. The average Bonchev–Trinajstić information content (AvgIpc) is 3.07. The van der Waals surface area contributed by atoms with Crippen molar-refractivity contribution in [3.63, 3.8) is 0 Å². The number of amides is 1. The lowest BCUT2D eigenvalue weighted by Gasteiger charge is -2.10. The summed E-state index contributed by atoms with van der Waals surface area (Å²) in [6.45, 7) is 1.77. The summed E-state index contributed by atoms with van der Waals surface area (Å²) < 4.78 is 9.65. The summed E-state index contributed by atoms with van der Waals surface area (Å²) in [5, 5.41) is 9.76. The van der Waals surface area contributed by atoms with Crippen LogP contribution in [0.5, 0.6) is 0 Å². The summed E-state index contributed by atoms with van der Waals surface area (Å²) in [5.41, 5.74) is 1.41. The number of pyridine rings is 1. The van der Waals surface area contributed by atoms with Gasteiger partial charge in [-0.1, -0.05) is 16.8 Å². The molecule has 0 saturated carbocycles. The quantitative estimate of drug-likeness (QED) is 0.642. The minimum Gasteiger partial charge on any atom is -0.465 e. The molecule has 2 aromatic heterocycles. The van der Waals surface area contributed by atoms with Crippen molar-refractivity contribution in [1.82, 2.24) is 10.1 Å². The number of aryl methyl sites for hydroxylation is 1. The SMILES string of the molecule is COC(=O)c1ccc(Cl)c(NC(=O)c2cncc(Nc3cc(C)on3)c2)c1. The van der Waals surface area contributed by atoms with Gasteiger partial charge in [0.15, 0.2) is 5.82 Å². The molecule has 0 unspecified atom stereocenters. The Morgan fingerprint density at radius 1 is 1.15 bits per heavy atom. The van der Waals surface area contributed by atoms with E-state index in [0.717, 1.165) is 0 Å². The third kappa shape index (κ3) is 4.42. The third-order valence-corrected chi connectivity index (χ3v) is 3.87. The van der Waals surface area contributed by atoms with Crippen LogP contribution in [0.4, 0.5) is 17.2 Å². The normalized spacial score (nSPS) is 10.3. The molecule has 0 aliphatic rings. The van der Waals surface area contributed by atoms with E-state index >= 15 is 0 Å². The molecule has 27 heavy (non-hydrogen) atoms. The van der Waals surface area contributed by atoms with Gasteiger partial charge in [-0.25, -0.2) is 4.79 Å². The molecule has 0 spiro atoms. The van der Waals surface area contributed by atoms with Crippen LogP contribution < -0.4 is 10.6 Å². The van der Waals surface area contributed by atoms with Crippen LogP contribution in [0.2, 0.25) is 5.02 Å². The lowest BCUT2D eigenvalue weighted by Crippen LogP contribution is -2.13. The lowest BCUT2D eigenvalue weighted by molar-refractivity contribution is 0.0600. The highest BCUT2D eigenvalue weighted by Crippen LogP contribution is 2.24. The Morgan fingerprint density at radius 2 is 1.96 bits per heavy atom. The number of carbonyl (C=O) groups excluding carboxylic acids is 2. The van der Waals surface area contributed by atoms with Gasteiger partial charge in [0.25, 0.3) is 5.91 Å². The number of carbonyl (C=O) groups is 2. The Balaban J connectivity index is 1.78. The standard InChI is InChI=1S/C18H15ClN4O4/c1-10-5-16(23-27-10)21-13-6-12(8-20-9-13)17(24)22-15-7-11(18(25)26-2)3-4-14(15)19/h3-9H,1-2H3,(H,21,23)(H,22,24). The van der Waals surface area contributed by atoms with Gasteiger partial charge in [-0.3, -0.25) is 9.78 Å². The van der Waals surface area contributed by atoms with Crippen molar-refractivity contribution in [2.75, 3.05) is 17.7 Å². The molecule has 3 rings (SSSR count). The van der Waals surface area contributed by atoms with Crippen molar-refractivity contribution in [1.29, 1.82) is 0 Å². The highest BCUT2D eigenvalue weighted by molar-refractivity contribution is 6.34. The van der Waals surface area contributed by atoms with E-state index in [4.69, 9.17) is 16.1 Å². The number of nitrogens with zero attached hydrogens (tertiary/aromatic N) is 2. The first-order valence-electron chi connectivity index (χ1n) is 7.81. The Bertz CT molecular complexity index is 1000. The molecule has 9 heteroatoms. The fourth-order valence-corrected chi connectivity index (χ4v) is 2.43. The van der Waals surface area contributed by atoms with Gasteiger partial charge >= 0.3 is 5.97 Å². The summed E-state index contributed by atoms with van der Waals surface area (Å²) in [5.74, 6) is 0.185. The van der Waals surface area contributed by atoms with E-state index in [1.807, 2.05) is 0 Å². The number of benzene rings is 1. The van der Waals surface area contributed by atoms with Crippen molar-refractivity contribution in [3.05, 3.63) is 64.6 Å². The molecular weight excluding hydrogens is 372 g/mol.